The zero-order chi connectivity index (χ0) is 29.5. The molecule has 2 heterocycles. The summed E-state index contributed by atoms with van der Waals surface area (Å²) < 4.78 is 14.8. The van der Waals surface area contributed by atoms with E-state index in [4.69, 9.17) is 0 Å². The number of benzene rings is 3. The lowest BCUT2D eigenvalue weighted by Gasteiger charge is -2.23. The Morgan fingerprint density at radius 1 is 0.929 bits per heavy atom. The van der Waals surface area contributed by atoms with Crippen molar-refractivity contribution in [2.24, 2.45) is 5.92 Å². The number of nitrogens with zero attached hydrogens (tertiary/aromatic N) is 1. The number of carbonyl (C=O) groups excluding carboxylic acids is 3. The van der Waals surface area contributed by atoms with E-state index >= 15 is 0 Å². The first-order chi connectivity index (χ1) is 20.4. The number of hydrogen-bond acceptors (Lipinski definition) is 5. The highest BCUT2D eigenvalue weighted by atomic mass is 19.1. The molecule has 5 rings (SSSR count). The quantitative estimate of drug-likeness (QED) is 0.383. The third-order valence-electron chi connectivity index (χ3n) is 7.96. The van der Waals surface area contributed by atoms with E-state index in [9.17, 15) is 23.9 Å². The molecule has 42 heavy (non-hydrogen) atoms. The van der Waals surface area contributed by atoms with E-state index in [2.05, 4.69) is 16.0 Å². The number of nitrogens with one attached hydrogen (secondary N) is 3. The van der Waals surface area contributed by atoms with Crippen LogP contribution in [0.2, 0.25) is 0 Å². The van der Waals surface area contributed by atoms with Gasteiger partial charge >= 0.3 is 0 Å². The molecular formula is C33H37FN4O4. The third kappa shape index (κ3) is 7.33. The van der Waals surface area contributed by atoms with Crippen LogP contribution in [0.25, 0.3) is 11.1 Å². The standard InChI is InChI=1S/C33H37FN4O4/c34-29-8-7-25-20-27(29)28-19-22(6-9-30(28)39)11-13-36-31(40)5-2-15-38(16-14-37-32(25)41)33(42)26-4-1-3-23(18-26)17-24-10-12-35-21-24/h1,3-4,6-9,18-20,24,35,39H,2,5,10-17,21H2,(H,36,40)(H,37,41). The summed E-state index contributed by atoms with van der Waals surface area (Å²) in [7, 11) is 0. The van der Waals surface area contributed by atoms with Crippen LogP contribution < -0.4 is 16.0 Å². The Bertz CT molecular complexity index is 1450. The Balaban J connectivity index is 1.35. The molecule has 0 spiro atoms. The molecule has 9 heteroatoms. The Hall–Kier alpha value is -4.24. The number of halogens is 1. The average molecular weight is 573 g/mol. The smallest absolute Gasteiger partial charge is 0.253 e. The Morgan fingerprint density at radius 2 is 1.81 bits per heavy atom. The number of amides is 3. The molecular weight excluding hydrogens is 535 g/mol. The molecule has 4 N–H and O–H groups in total. The summed E-state index contributed by atoms with van der Waals surface area (Å²) in [6.07, 6.45) is 3.24. The fourth-order valence-electron chi connectivity index (χ4n) is 5.65. The van der Waals surface area contributed by atoms with Crippen molar-refractivity contribution in [1.82, 2.24) is 20.9 Å². The molecule has 8 nitrogen and oxygen atoms in total. The third-order valence-corrected chi connectivity index (χ3v) is 7.96. The summed E-state index contributed by atoms with van der Waals surface area (Å²) in [5.41, 5.74) is 3.14. The lowest BCUT2D eigenvalue weighted by atomic mass is 9.97. The molecule has 3 aromatic carbocycles. The molecule has 0 saturated carbocycles. The van der Waals surface area contributed by atoms with Crippen molar-refractivity contribution in [3.05, 3.63) is 88.7 Å². The van der Waals surface area contributed by atoms with E-state index in [0.717, 1.165) is 37.1 Å². The number of phenolic OH excluding ortho intramolecular Hbond substituents is 1. The van der Waals surface area contributed by atoms with E-state index in [1.807, 2.05) is 18.2 Å². The Labute approximate surface area is 245 Å². The van der Waals surface area contributed by atoms with E-state index in [1.165, 1.54) is 24.3 Å². The summed E-state index contributed by atoms with van der Waals surface area (Å²) in [5, 5.41) is 19.6. The second kappa shape index (κ2) is 13.6. The van der Waals surface area contributed by atoms with Gasteiger partial charge in [0.05, 0.1) is 0 Å². The molecule has 2 aliphatic heterocycles. The van der Waals surface area contributed by atoms with Crippen LogP contribution in [0.15, 0.2) is 60.7 Å². The first kappa shape index (κ1) is 29.3. The van der Waals surface area contributed by atoms with Crippen molar-refractivity contribution in [3.8, 4) is 16.9 Å². The molecule has 220 valence electrons. The van der Waals surface area contributed by atoms with Gasteiger partial charge in [0.2, 0.25) is 5.91 Å². The topological polar surface area (TPSA) is 111 Å². The number of carbonyl (C=O) groups is 3. The predicted molar refractivity (Wildman–Crippen MR) is 159 cm³/mol. The van der Waals surface area contributed by atoms with Crippen LogP contribution in [0.1, 0.15) is 51.1 Å². The van der Waals surface area contributed by atoms with Crippen LogP contribution in [-0.2, 0) is 17.6 Å². The number of hydrogen-bond donors (Lipinski definition) is 4. The van der Waals surface area contributed by atoms with Crippen molar-refractivity contribution in [2.45, 2.75) is 32.1 Å². The number of fused-ring (bicyclic) bond motifs is 5. The van der Waals surface area contributed by atoms with Gasteiger partial charge in [0.25, 0.3) is 11.8 Å². The van der Waals surface area contributed by atoms with Crippen molar-refractivity contribution in [3.63, 3.8) is 0 Å². The summed E-state index contributed by atoms with van der Waals surface area (Å²) in [6.45, 7) is 3.16. The molecule has 2 aliphatic rings. The van der Waals surface area contributed by atoms with Crippen LogP contribution in [0.5, 0.6) is 5.75 Å². The fourth-order valence-corrected chi connectivity index (χ4v) is 5.65. The predicted octanol–water partition coefficient (Wildman–Crippen LogP) is 3.68. The van der Waals surface area contributed by atoms with Gasteiger partial charge in [0.15, 0.2) is 0 Å². The first-order valence-corrected chi connectivity index (χ1v) is 14.6. The van der Waals surface area contributed by atoms with Gasteiger partial charge in [0.1, 0.15) is 11.6 Å². The molecule has 3 aromatic rings. The van der Waals surface area contributed by atoms with Crippen LogP contribution in [0.3, 0.4) is 0 Å². The summed E-state index contributed by atoms with van der Waals surface area (Å²) in [4.78, 5) is 40.9. The average Bonchev–Trinajstić information content (AvgIpc) is 3.50. The summed E-state index contributed by atoms with van der Waals surface area (Å²) in [5.74, 6) is -0.798. The maximum absolute atomic E-state index is 14.8. The van der Waals surface area contributed by atoms with E-state index < -0.39 is 11.7 Å². The Kier molecular flexibility index (Phi) is 9.48. The Morgan fingerprint density at radius 3 is 2.64 bits per heavy atom. The lowest BCUT2D eigenvalue weighted by molar-refractivity contribution is -0.121. The van der Waals surface area contributed by atoms with Gasteiger partial charge < -0.3 is 26.0 Å². The van der Waals surface area contributed by atoms with Gasteiger partial charge in [-0.3, -0.25) is 14.4 Å². The highest BCUT2D eigenvalue weighted by molar-refractivity contribution is 5.96. The molecule has 1 saturated heterocycles. The minimum atomic E-state index is -0.565. The van der Waals surface area contributed by atoms with Gasteiger partial charge in [-0.1, -0.05) is 18.2 Å². The molecule has 0 radical (unpaired) electrons. The maximum atomic E-state index is 14.8. The first-order valence-electron chi connectivity index (χ1n) is 14.6. The summed E-state index contributed by atoms with van der Waals surface area (Å²) in [6, 6.07) is 16.6. The molecule has 3 amide bonds. The molecule has 1 unspecified atom stereocenters. The lowest BCUT2D eigenvalue weighted by Crippen LogP contribution is -2.39. The number of rotatable bonds is 3. The fraction of sp³-hybridized carbons (Fsp3) is 0.364. The van der Waals surface area contributed by atoms with Gasteiger partial charge in [-0.05, 0) is 98.3 Å². The van der Waals surface area contributed by atoms with E-state index in [0.29, 0.717) is 37.4 Å². The minimum absolute atomic E-state index is 0.105. The van der Waals surface area contributed by atoms with Crippen LogP contribution in [0, 0.1) is 11.7 Å². The molecule has 1 atom stereocenters. The molecule has 4 bridgehead atoms. The van der Waals surface area contributed by atoms with Crippen LogP contribution >= 0.6 is 0 Å². The zero-order valence-corrected chi connectivity index (χ0v) is 23.6. The van der Waals surface area contributed by atoms with Gasteiger partial charge in [-0.2, -0.15) is 0 Å². The zero-order valence-electron chi connectivity index (χ0n) is 23.6. The highest BCUT2D eigenvalue weighted by Crippen LogP contribution is 2.33. The van der Waals surface area contributed by atoms with Crippen molar-refractivity contribution in [1.29, 1.82) is 0 Å². The van der Waals surface area contributed by atoms with Crippen molar-refractivity contribution >= 4 is 17.7 Å². The number of aromatic hydroxyl groups is 1. The van der Waals surface area contributed by atoms with Gasteiger partial charge in [0, 0.05) is 54.9 Å². The second-order valence-electron chi connectivity index (χ2n) is 11.1. The van der Waals surface area contributed by atoms with Gasteiger partial charge in [-0.25, -0.2) is 4.39 Å². The largest absolute Gasteiger partial charge is 0.507 e. The van der Waals surface area contributed by atoms with Crippen molar-refractivity contribution < 1.29 is 23.9 Å². The second-order valence-corrected chi connectivity index (χ2v) is 11.1. The molecule has 0 aliphatic carbocycles. The van der Waals surface area contributed by atoms with Crippen molar-refractivity contribution in [2.75, 3.05) is 39.3 Å². The molecule has 0 aromatic heterocycles. The normalized spacial score (nSPS) is 18.5. The van der Waals surface area contributed by atoms with Crippen LogP contribution in [-0.4, -0.2) is 67.0 Å². The van der Waals surface area contributed by atoms with Gasteiger partial charge in [-0.15, -0.1) is 0 Å². The van der Waals surface area contributed by atoms with Crippen LogP contribution in [0.4, 0.5) is 4.39 Å². The molecule has 1 fully saturated rings. The van der Waals surface area contributed by atoms with E-state index in [1.54, 1.807) is 23.1 Å². The van der Waals surface area contributed by atoms with E-state index in [-0.39, 0.29) is 53.8 Å². The highest BCUT2D eigenvalue weighted by Gasteiger charge is 2.20. The SMILES string of the molecule is O=C1CCCN(C(=O)c2cccc(CC3CCNC3)c2)CCNC(=O)c2ccc(F)c(c2)-c2cc(ccc2O)CCN1. The minimum Gasteiger partial charge on any atom is -0.507 e. The maximum Gasteiger partial charge on any atom is 0.253 e. The number of phenols is 1. The summed E-state index contributed by atoms with van der Waals surface area (Å²) >= 11 is 0. The monoisotopic (exact) mass is 572 g/mol.